The molecule has 6 heteroatoms. The Morgan fingerprint density at radius 1 is 1.21 bits per heavy atom. The first-order chi connectivity index (χ1) is 8.77. The molecule has 0 heterocycles. The Bertz CT molecular complexity index is 351. The number of carboxylic acids is 2. The Hall–Kier alpha value is -1.92. The monoisotopic (exact) mass is 270 g/mol. The van der Waals surface area contributed by atoms with Gasteiger partial charge in [-0.1, -0.05) is 19.2 Å². The molecular formula is C13H22N2O4. The normalized spacial score (nSPS) is 10.6. The van der Waals surface area contributed by atoms with Crippen LogP contribution >= 0.6 is 0 Å². The van der Waals surface area contributed by atoms with Crippen LogP contribution < -0.4 is 11.5 Å². The molecule has 1 unspecified atom stereocenters. The number of rotatable bonds is 8. The molecule has 0 aliphatic carbocycles. The van der Waals surface area contributed by atoms with E-state index in [1.165, 1.54) is 0 Å². The van der Waals surface area contributed by atoms with Gasteiger partial charge in [0.15, 0.2) is 0 Å². The standard InChI is InChI=1S/C7H11NO2.C6H11NO2/c1-3-4-6(8)5(2)7(9)10;1-5(6(8)9)3-2-4-7/h3,6H,1-2,4,8H2,(H,9,10);1-4,7H2,(H,8,9). The highest BCUT2D eigenvalue weighted by Crippen LogP contribution is 2.01. The third kappa shape index (κ3) is 10.9. The Labute approximate surface area is 113 Å². The van der Waals surface area contributed by atoms with Gasteiger partial charge in [-0.2, -0.15) is 0 Å². The topological polar surface area (TPSA) is 127 Å². The van der Waals surface area contributed by atoms with Crippen molar-refractivity contribution < 1.29 is 19.8 Å². The molecule has 0 saturated carbocycles. The molecular weight excluding hydrogens is 248 g/mol. The summed E-state index contributed by atoms with van der Waals surface area (Å²) in [6, 6.07) is -0.505. The second-order valence-electron chi connectivity index (χ2n) is 3.76. The molecule has 19 heavy (non-hydrogen) atoms. The Morgan fingerprint density at radius 2 is 1.74 bits per heavy atom. The van der Waals surface area contributed by atoms with Gasteiger partial charge in [0, 0.05) is 17.2 Å². The van der Waals surface area contributed by atoms with E-state index in [-0.39, 0.29) is 11.1 Å². The molecule has 0 aromatic heterocycles. The second kappa shape index (κ2) is 11.2. The summed E-state index contributed by atoms with van der Waals surface area (Å²) in [5.41, 5.74) is 10.8. The van der Waals surface area contributed by atoms with Crippen molar-refractivity contribution in [2.75, 3.05) is 6.54 Å². The largest absolute Gasteiger partial charge is 0.478 e. The quantitative estimate of drug-likeness (QED) is 0.383. The van der Waals surface area contributed by atoms with Gasteiger partial charge in [0.2, 0.25) is 0 Å². The number of aliphatic carboxylic acids is 2. The van der Waals surface area contributed by atoms with Crippen LogP contribution in [-0.4, -0.2) is 34.7 Å². The lowest BCUT2D eigenvalue weighted by molar-refractivity contribution is -0.133. The smallest absolute Gasteiger partial charge is 0.332 e. The van der Waals surface area contributed by atoms with Gasteiger partial charge in [-0.25, -0.2) is 9.59 Å². The van der Waals surface area contributed by atoms with Crippen LogP contribution in [0.5, 0.6) is 0 Å². The summed E-state index contributed by atoms with van der Waals surface area (Å²) in [7, 11) is 0. The van der Waals surface area contributed by atoms with Gasteiger partial charge >= 0.3 is 11.9 Å². The van der Waals surface area contributed by atoms with Crippen molar-refractivity contribution in [2.24, 2.45) is 11.5 Å². The second-order valence-corrected chi connectivity index (χ2v) is 3.76. The van der Waals surface area contributed by atoms with Gasteiger partial charge in [-0.15, -0.1) is 6.58 Å². The fraction of sp³-hybridized carbons (Fsp3) is 0.385. The van der Waals surface area contributed by atoms with Crippen LogP contribution in [0.1, 0.15) is 19.3 Å². The van der Waals surface area contributed by atoms with Crippen LogP contribution in [0.2, 0.25) is 0 Å². The van der Waals surface area contributed by atoms with Crippen molar-refractivity contribution in [1.82, 2.24) is 0 Å². The summed E-state index contributed by atoms with van der Waals surface area (Å²) in [6.07, 6.45) is 3.21. The van der Waals surface area contributed by atoms with E-state index in [0.29, 0.717) is 25.8 Å². The molecule has 0 bridgehead atoms. The van der Waals surface area contributed by atoms with Crippen molar-refractivity contribution in [3.63, 3.8) is 0 Å². The Kier molecular flexibility index (Phi) is 11.4. The third-order valence-electron chi connectivity index (χ3n) is 2.13. The molecule has 6 nitrogen and oxygen atoms in total. The third-order valence-corrected chi connectivity index (χ3v) is 2.13. The first-order valence-corrected chi connectivity index (χ1v) is 5.67. The molecule has 1 atom stereocenters. The average molecular weight is 270 g/mol. The lowest BCUT2D eigenvalue weighted by Gasteiger charge is -2.06. The van der Waals surface area contributed by atoms with Gasteiger partial charge in [0.05, 0.1) is 0 Å². The van der Waals surface area contributed by atoms with E-state index in [2.05, 4.69) is 19.7 Å². The van der Waals surface area contributed by atoms with E-state index in [9.17, 15) is 9.59 Å². The highest BCUT2D eigenvalue weighted by Gasteiger charge is 2.11. The molecule has 0 radical (unpaired) electrons. The highest BCUT2D eigenvalue weighted by atomic mass is 16.4. The van der Waals surface area contributed by atoms with Gasteiger partial charge in [0.25, 0.3) is 0 Å². The van der Waals surface area contributed by atoms with Crippen LogP contribution in [0.4, 0.5) is 0 Å². The molecule has 6 N–H and O–H groups in total. The molecule has 0 fully saturated rings. The van der Waals surface area contributed by atoms with Crippen molar-refractivity contribution in [1.29, 1.82) is 0 Å². The number of hydrogen-bond donors (Lipinski definition) is 4. The predicted molar refractivity (Wildman–Crippen MR) is 74.6 cm³/mol. The zero-order valence-electron chi connectivity index (χ0n) is 11.0. The summed E-state index contributed by atoms with van der Waals surface area (Å²) in [4.78, 5) is 20.3. The maximum Gasteiger partial charge on any atom is 0.332 e. The fourth-order valence-corrected chi connectivity index (χ4v) is 0.903. The number of carbonyl (C=O) groups is 2. The molecule has 0 aromatic carbocycles. The summed E-state index contributed by atoms with van der Waals surface area (Å²) >= 11 is 0. The molecule has 108 valence electrons. The Balaban J connectivity index is 0. The van der Waals surface area contributed by atoms with Crippen LogP contribution in [0, 0.1) is 0 Å². The summed E-state index contributed by atoms with van der Waals surface area (Å²) in [6.45, 7) is 10.6. The Morgan fingerprint density at radius 3 is 2.05 bits per heavy atom. The SMILES string of the molecule is C=C(CCCN)C(=O)O.C=CCC(N)C(=C)C(=O)O. The van der Waals surface area contributed by atoms with E-state index in [1.54, 1.807) is 6.08 Å². The maximum absolute atomic E-state index is 10.2. The number of nitrogens with two attached hydrogens (primary N) is 2. The van der Waals surface area contributed by atoms with Crippen LogP contribution in [-0.2, 0) is 9.59 Å². The van der Waals surface area contributed by atoms with Gasteiger partial charge in [0.1, 0.15) is 0 Å². The maximum atomic E-state index is 10.2. The van der Waals surface area contributed by atoms with E-state index < -0.39 is 18.0 Å². The first-order valence-electron chi connectivity index (χ1n) is 5.67. The van der Waals surface area contributed by atoms with E-state index in [4.69, 9.17) is 21.7 Å². The molecule has 0 rings (SSSR count). The highest BCUT2D eigenvalue weighted by molar-refractivity contribution is 5.87. The minimum Gasteiger partial charge on any atom is -0.478 e. The van der Waals surface area contributed by atoms with Crippen molar-refractivity contribution >= 4 is 11.9 Å². The van der Waals surface area contributed by atoms with Gasteiger partial charge in [-0.3, -0.25) is 0 Å². The van der Waals surface area contributed by atoms with Gasteiger partial charge in [-0.05, 0) is 25.8 Å². The lowest BCUT2D eigenvalue weighted by atomic mass is 10.1. The summed E-state index contributed by atoms with van der Waals surface area (Å²) < 4.78 is 0. The average Bonchev–Trinajstić information content (AvgIpc) is 2.35. The molecule has 0 spiro atoms. The lowest BCUT2D eigenvalue weighted by Crippen LogP contribution is -2.25. The molecule has 0 aliphatic heterocycles. The van der Waals surface area contributed by atoms with E-state index in [0.717, 1.165) is 0 Å². The van der Waals surface area contributed by atoms with Gasteiger partial charge < -0.3 is 21.7 Å². The minimum atomic E-state index is -1.05. The van der Waals surface area contributed by atoms with Crippen LogP contribution in [0.15, 0.2) is 37.0 Å². The minimum absolute atomic E-state index is 0.0277. The first kappa shape index (κ1) is 19.4. The van der Waals surface area contributed by atoms with Crippen molar-refractivity contribution in [2.45, 2.75) is 25.3 Å². The summed E-state index contributed by atoms with van der Waals surface area (Å²) in [5.74, 6) is -1.97. The van der Waals surface area contributed by atoms with Crippen LogP contribution in [0.25, 0.3) is 0 Å². The molecule has 0 saturated heterocycles. The van der Waals surface area contributed by atoms with Crippen molar-refractivity contribution in [3.8, 4) is 0 Å². The zero-order valence-corrected chi connectivity index (χ0v) is 11.0. The van der Waals surface area contributed by atoms with E-state index >= 15 is 0 Å². The molecule has 0 amide bonds. The zero-order chi connectivity index (χ0) is 15.4. The van der Waals surface area contributed by atoms with Crippen molar-refractivity contribution in [3.05, 3.63) is 37.0 Å². The van der Waals surface area contributed by atoms with Crippen LogP contribution in [0.3, 0.4) is 0 Å². The summed E-state index contributed by atoms with van der Waals surface area (Å²) in [5, 5.41) is 16.6. The van der Waals surface area contributed by atoms with E-state index in [1.807, 2.05) is 0 Å². The molecule has 0 aliphatic rings. The predicted octanol–water partition coefficient (Wildman–Crippen LogP) is 0.897. The fourth-order valence-electron chi connectivity index (χ4n) is 0.903. The number of carboxylic acid groups (broad SMARTS) is 2. The number of hydrogen-bond acceptors (Lipinski definition) is 4. The molecule has 0 aromatic rings.